The van der Waals surface area contributed by atoms with Gasteiger partial charge in [-0.1, -0.05) is 0 Å². The van der Waals surface area contributed by atoms with E-state index in [1.807, 2.05) is 0 Å². The zero-order valence-corrected chi connectivity index (χ0v) is 13.9. The summed E-state index contributed by atoms with van der Waals surface area (Å²) in [7, 11) is 2.66. The fourth-order valence-electron chi connectivity index (χ4n) is 1.96. The Bertz CT molecular complexity index is 709. The largest absolute Gasteiger partial charge is 0.491 e. The number of esters is 1. The van der Waals surface area contributed by atoms with Crippen LogP contribution >= 0.6 is 0 Å². The molecule has 1 atom stereocenters. The Kier molecular flexibility index (Phi) is 6.53. The van der Waals surface area contributed by atoms with E-state index in [2.05, 4.69) is 15.0 Å². The van der Waals surface area contributed by atoms with Crippen molar-refractivity contribution in [3.8, 4) is 11.6 Å². The standard InChI is InChI=1S/C17H19FN2O5/c1-23-16-14(17(22)24-2)7-8-15(20-16)19-9-12(21)10-25-13-5-3-11(18)4-6-13/h3-8,12,21H,9-10H2,1-2H3,(H,19,20)/t12-/m1/s1. The number of rotatable bonds is 8. The number of hydrogen-bond acceptors (Lipinski definition) is 7. The van der Waals surface area contributed by atoms with Crippen LogP contribution in [0.25, 0.3) is 0 Å². The van der Waals surface area contributed by atoms with Crippen LogP contribution in [-0.2, 0) is 4.74 Å². The van der Waals surface area contributed by atoms with Crippen LogP contribution in [0.5, 0.6) is 11.6 Å². The van der Waals surface area contributed by atoms with Crippen molar-refractivity contribution in [1.82, 2.24) is 4.98 Å². The summed E-state index contributed by atoms with van der Waals surface area (Å²) < 4.78 is 27.9. The molecule has 25 heavy (non-hydrogen) atoms. The third kappa shape index (κ3) is 5.32. The molecule has 0 unspecified atom stereocenters. The Labute approximate surface area is 144 Å². The summed E-state index contributed by atoms with van der Waals surface area (Å²) in [5.41, 5.74) is 0.204. The van der Waals surface area contributed by atoms with Crippen molar-refractivity contribution in [3.05, 3.63) is 47.8 Å². The molecule has 1 aromatic carbocycles. The van der Waals surface area contributed by atoms with E-state index >= 15 is 0 Å². The number of methoxy groups -OCH3 is 2. The number of hydrogen-bond donors (Lipinski definition) is 2. The molecule has 0 aliphatic carbocycles. The van der Waals surface area contributed by atoms with Gasteiger partial charge in [-0.2, -0.15) is 4.98 Å². The number of nitrogens with one attached hydrogen (secondary N) is 1. The van der Waals surface area contributed by atoms with Gasteiger partial charge in [0.2, 0.25) is 5.88 Å². The molecule has 0 spiro atoms. The van der Waals surface area contributed by atoms with Gasteiger partial charge in [0, 0.05) is 6.54 Å². The van der Waals surface area contributed by atoms with Gasteiger partial charge < -0.3 is 24.6 Å². The highest BCUT2D eigenvalue weighted by molar-refractivity contribution is 5.92. The van der Waals surface area contributed by atoms with Crippen LogP contribution in [0.4, 0.5) is 10.2 Å². The molecule has 0 amide bonds. The molecule has 0 aliphatic rings. The van der Waals surface area contributed by atoms with Gasteiger partial charge in [0.05, 0.1) is 14.2 Å². The fraction of sp³-hybridized carbons (Fsp3) is 0.294. The molecule has 2 N–H and O–H groups in total. The van der Waals surface area contributed by atoms with Crippen molar-refractivity contribution >= 4 is 11.8 Å². The molecule has 134 valence electrons. The van der Waals surface area contributed by atoms with Crippen LogP contribution in [0.2, 0.25) is 0 Å². The SMILES string of the molecule is COC(=O)c1ccc(NC[C@@H](O)COc2ccc(F)cc2)nc1OC. The Morgan fingerprint density at radius 2 is 1.96 bits per heavy atom. The van der Waals surface area contributed by atoms with E-state index in [0.29, 0.717) is 11.6 Å². The fourth-order valence-corrected chi connectivity index (χ4v) is 1.96. The molecular formula is C17H19FN2O5. The summed E-state index contributed by atoms with van der Waals surface area (Å²) in [4.78, 5) is 15.7. The minimum absolute atomic E-state index is 0.0238. The van der Waals surface area contributed by atoms with Crippen molar-refractivity contribution in [2.75, 3.05) is 32.7 Å². The Morgan fingerprint density at radius 3 is 2.60 bits per heavy atom. The topological polar surface area (TPSA) is 89.9 Å². The molecule has 0 fully saturated rings. The minimum atomic E-state index is -0.821. The number of benzene rings is 1. The van der Waals surface area contributed by atoms with Gasteiger partial charge in [-0.15, -0.1) is 0 Å². The zero-order valence-electron chi connectivity index (χ0n) is 13.9. The quantitative estimate of drug-likeness (QED) is 0.703. The second kappa shape index (κ2) is 8.84. The highest BCUT2D eigenvalue weighted by Crippen LogP contribution is 2.19. The van der Waals surface area contributed by atoms with Gasteiger partial charge in [0.1, 0.15) is 35.7 Å². The monoisotopic (exact) mass is 350 g/mol. The lowest BCUT2D eigenvalue weighted by atomic mass is 10.2. The number of anilines is 1. The van der Waals surface area contributed by atoms with Crippen molar-refractivity contribution in [2.45, 2.75) is 6.10 Å². The summed E-state index contributed by atoms with van der Waals surface area (Å²) in [6.07, 6.45) is -0.821. The first-order valence-corrected chi connectivity index (χ1v) is 7.47. The van der Waals surface area contributed by atoms with E-state index in [4.69, 9.17) is 9.47 Å². The number of carbonyl (C=O) groups excluding carboxylic acids is 1. The highest BCUT2D eigenvalue weighted by Gasteiger charge is 2.15. The second-order valence-electron chi connectivity index (χ2n) is 5.04. The molecule has 8 heteroatoms. The Balaban J connectivity index is 1.87. The minimum Gasteiger partial charge on any atom is -0.491 e. The molecule has 2 rings (SSSR count). The van der Waals surface area contributed by atoms with Crippen LogP contribution in [-0.4, -0.2) is 49.5 Å². The van der Waals surface area contributed by atoms with Gasteiger partial charge in [-0.25, -0.2) is 9.18 Å². The van der Waals surface area contributed by atoms with Crippen LogP contribution in [0.15, 0.2) is 36.4 Å². The maximum atomic E-state index is 12.8. The molecular weight excluding hydrogens is 331 g/mol. The van der Waals surface area contributed by atoms with E-state index < -0.39 is 12.1 Å². The number of aliphatic hydroxyl groups excluding tert-OH is 1. The first-order chi connectivity index (χ1) is 12.0. The van der Waals surface area contributed by atoms with E-state index in [9.17, 15) is 14.3 Å². The maximum Gasteiger partial charge on any atom is 0.343 e. The molecule has 1 heterocycles. The number of halogens is 1. The molecule has 2 aromatic rings. The first-order valence-electron chi connectivity index (χ1n) is 7.47. The molecule has 0 saturated carbocycles. The number of carbonyl (C=O) groups is 1. The smallest absolute Gasteiger partial charge is 0.343 e. The molecule has 7 nitrogen and oxygen atoms in total. The molecule has 0 radical (unpaired) electrons. The first kappa shape index (κ1) is 18.5. The van der Waals surface area contributed by atoms with E-state index in [1.165, 1.54) is 44.6 Å². The van der Waals surface area contributed by atoms with Crippen molar-refractivity contribution < 1.29 is 28.5 Å². The van der Waals surface area contributed by atoms with Gasteiger partial charge in [-0.3, -0.25) is 0 Å². The molecule has 0 saturated heterocycles. The normalized spacial score (nSPS) is 11.5. The van der Waals surface area contributed by atoms with Crippen LogP contribution in [0.3, 0.4) is 0 Å². The summed E-state index contributed by atoms with van der Waals surface area (Å²) in [6.45, 7) is 0.185. The van der Waals surface area contributed by atoms with Gasteiger partial charge in [-0.05, 0) is 36.4 Å². The lowest BCUT2D eigenvalue weighted by Crippen LogP contribution is -2.26. The number of nitrogens with zero attached hydrogens (tertiary/aromatic N) is 1. The number of ether oxygens (including phenoxy) is 3. The van der Waals surface area contributed by atoms with Crippen LogP contribution < -0.4 is 14.8 Å². The Morgan fingerprint density at radius 1 is 1.24 bits per heavy atom. The van der Waals surface area contributed by atoms with Crippen molar-refractivity contribution in [1.29, 1.82) is 0 Å². The number of pyridine rings is 1. The van der Waals surface area contributed by atoms with Gasteiger partial charge in [0.25, 0.3) is 0 Å². The van der Waals surface area contributed by atoms with E-state index in [1.54, 1.807) is 6.07 Å². The number of aromatic nitrogens is 1. The lowest BCUT2D eigenvalue weighted by molar-refractivity contribution is 0.0596. The Hall–Kier alpha value is -2.87. The van der Waals surface area contributed by atoms with Gasteiger partial charge >= 0.3 is 5.97 Å². The number of aliphatic hydroxyl groups is 1. The third-order valence-electron chi connectivity index (χ3n) is 3.23. The molecule has 1 aromatic heterocycles. The van der Waals surface area contributed by atoms with Crippen molar-refractivity contribution in [3.63, 3.8) is 0 Å². The zero-order chi connectivity index (χ0) is 18.2. The predicted octanol–water partition coefficient (Wildman–Crippen LogP) is 1.87. The van der Waals surface area contributed by atoms with Gasteiger partial charge in [0.15, 0.2) is 0 Å². The van der Waals surface area contributed by atoms with E-state index in [0.717, 1.165) is 0 Å². The maximum absolute atomic E-state index is 12.8. The molecule has 0 aliphatic heterocycles. The van der Waals surface area contributed by atoms with Crippen LogP contribution in [0.1, 0.15) is 10.4 Å². The molecule has 0 bridgehead atoms. The summed E-state index contributed by atoms with van der Waals surface area (Å²) in [5, 5.41) is 12.9. The predicted molar refractivity (Wildman–Crippen MR) is 88.5 cm³/mol. The average Bonchev–Trinajstić information content (AvgIpc) is 2.65. The van der Waals surface area contributed by atoms with Crippen molar-refractivity contribution in [2.24, 2.45) is 0 Å². The summed E-state index contributed by atoms with van der Waals surface area (Å²) in [6, 6.07) is 8.60. The summed E-state index contributed by atoms with van der Waals surface area (Å²) in [5.74, 6) is 0.0931. The second-order valence-corrected chi connectivity index (χ2v) is 5.04. The summed E-state index contributed by atoms with van der Waals surface area (Å²) >= 11 is 0. The van der Waals surface area contributed by atoms with Crippen LogP contribution in [0, 0.1) is 5.82 Å². The van der Waals surface area contributed by atoms with E-state index in [-0.39, 0.29) is 30.4 Å². The lowest BCUT2D eigenvalue weighted by Gasteiger charge is -2.14. The third-order valence-corrected chi connectivity index (χ3v) is 3.23. The average molecular weight is 350 g/mol. The highest BCUT2D eigenvalue weighted by atomic mass is 19.1.